The molecular weight excluding hydrogens is 247 g/mol. The van der Waals surface area contributed by atoms with Crippen LogP contribution in [0.5, 0.6) is 5.75 Å². The molecule has 6 heteroatoms. The Bertz CT molecular complexity index is 491. The summed E-state index contributed by atoms with van der Waals surface area (Å²) < 4.78 is 40.2. The highest BCUT2D eigenvalue weighted by molar-refractivity contribution is 7.86. The van der Waals surface area contributed by atoms with E-state index in [2.05, 4.69) is 0 Å². The monoisotopic (exact) mass is 262 g/mol. The minimum atomic E-state index is -4.66. The van der Waals surface area contributed by atoms with E-state index < -0.39 is 18.3 Å². The fraction of sp³-hybridized carbons (Fsp3) is 0.400. The topological polar surface area (TPSA) is 43.4 Å². The van der Waals surface area contributed by atoms with Crippen LogP contribution in [0.3, 0.4) is 0 Å². The van der Waals surface area contributed by atoms with Gasteiger partial charge in [0.25, 0.3) is 0 Å². The lowest BCUT2D eigenvalue weighted by atomic mass is 10.3. The Labute approximate surface area is 96.5 Å². The van der Waals surface area contributed by atoms with Gasteiger partial charge in [0.2, 0.25) is 0 Å². The van der Waals surface area contributed by atoms with Gasteiger partial charge in [0.15, 0.2) is 0 Å². The van der Waals surface area contributed by atoms with E-state index in [9.17, 15) is 12.3 Å². The molecule has 0 fully saturated rings. The summed E-state index contributed by atoms with van der Waals surface area (Å²) in [7, 11) is -5.10. The standard InChI is InChI=1S/C10H15FO3SSi/c1-14-8-5-6-9(15(11,12)13)10(7-8)16(2,3)4/h5-7H,1-4H3. The summed E-state index contributed by atoms with van der Waals surface area (Å²) in [5.74, 6) is 0.546. The largest absolute Gasteiger partial charge is 0.497 e. The number of methoxy groups -OCH3 is 1. The Morgan fingerprint density at radius 2 is 1.81 bits per heavy atom. The quantitative estimate of drug-likeness (QED) is 0.617. The molecule has 90 valence electrons. The first-order valence-corrected chi connectivity index (χ1v) is 9.68. The zero-order valence-corrected chi connectivity index (χ0v) is 11.6. The van der Waals surface area contributed by atoms with Crippen LogP contribution in [-0.2, 0) is 10.2 Å². The van der Waals surface area contributed by atoms with Crippen LogP contribution in [0, 0.1) is 0 Å². The normalized spacial score (nSPS) is 12.6. The fourth-order valence-electron chi connectivity index (χ4n) is 1.43. The van der Waals surface area contributed by atoms with Crippen molar-refractivity contribution >= 4 is 23.5 Å². The lowest BCUT2D eigenvalue weighted by molar-refractivity contribution is 0.415. The van der Waals surface area contributed by atoms with Crippen LogP contribution in [0.1, 0.15) is 0 Å². The average molecular weight is 262 g/mol. The van der Waals surface area contributed by atoms with E-state index >= 15 is 0 Å². The summed E-state index contributed by atoms with van der Waals surface area (Å²) in [4.78, 5) is -0.229. The molecule has 0 bridgehead atoms. The smallest absolute Gasteiger partial charge is 0.331 e. The highest BCUT2D eigenvalue weighted by Gasteiger charge is 2.27. The molecule has 1 aromatic carbocycles. The molecule has 0 saturated carbocycles. The van der Waals surface area contributed by atoms with Crippen molar-refractivity contribution in [3.8, 4) is 5.75 Å². The van der Waals surface area contributed by atoms with E-state index in [1.807, 2.05) is 19.6 Å². The van der Waals surface area contributed by atoms with Gasteiger partial charge in [0.05, 0.1) is 20.1 Å². The predicted octanol–water partition coefficient (Wildman–Crippen LogP) is 1.90. The van der Waals surface area contributed by atoms with Crippen molar-refractivity contribution in [1.82, 2.24) is 0 Å². The average Bonchev–Trinajstić information content (AvgIpc) is 2.14. The SMILES string of the molecule is COc1ccc(S(=O)(=O)F)c([Si](C)(C)C)c1. The van der Waals surface area contributed by atoms with E-state index in [4.69, 9.17) is 4.74 Å². The van der Waals surface area contributed by atoms with Crippen LogP contribution in [0.25, 0.3) is 0 Å². The molecule has 0 spiro atoms. The number of hydrogen-bond donors (Lipinski definition) is 0. The maximum atomic E-state index is 13.1. The van der Waals surface area contributed by atoms with Crippen LogP contribution in [0.15, 0.2) is 23.1 Å². The van der Waals surface area contributed by atoms with Crippen LogP contribution in [-0.4, -0.2) is 23.6 Å². The second-order valence-corrected chi connectivity index (χ2v) is 10.9. The Morgan fingerprint density at radius 1 is 1.25 bits per heavy atom. The molecule has 0 heterocycles. The first-order chi connectivity index (χ1) is 7.16. The molecule has 0 atom stereocenters. The van der Waals surface area contributed by atoms with Crippen molar-refractivity contribution < 1.29 is 17.0 Å². The molecular formula is C10H15FO3SSi. The van der Waals surface area contributed by atoms with Gasteiger partial charge in [-0.15, -0.1) is 3.89 Å². The van der Waals surface area contributed by atoms with Crippen molar-refractivity contribution in [3.05, 3.63) is 18.2 Å². The molecule has 0 amide bonds. The lowest BCUT2D eigenvalue weighted by Crippen LogP contribution is -2.40. The van der Waals surface area contributed by atoms with Crippen LogP contribution < -0.4 is 9.92 Å². The predicted molar refractivity (Wildman–Crippen MR) is 64.3 cm³/mol. The molecule has 0 aromatic heterocycles. The molecule has 0 aliphatic rings. The second kappa shape index (κ2) is 4.18. The Morgan fingerprint density at radius 3 is 2.19 bits per heavy atom. The summed E-state index contributed by atoms with van der Waals surface area (Å²) in [6.45, 7) is 5.86. The summed E-state index contributed by atoms with van der Waals surface area (Å²) in [5.41, 5.74) is 0. The van der Waals surface area contributed by atoms with Crippen molar-refractivity contribution in [2.24, 2.45) is 0 Å². The van der Waals surface area contributed by atoms with Gasteiger partial charge in [-0.1, -0.05) is 19.6 Å². The maximum Gasteiger partial charge on any atom is 0.331 e. The molecule has 16 heavy (non-hydrogen) atoms. The van der Waals surface area contributed by atoms with Crippen LogP contribution in [0.4, 0.5) is 3.89 Å². The van der Waals surface area contributed by atoms with Gasteiger partial charge in [-0.3, -0.25) is 0 Å². The highest BCUT2D eigenvalue weighted by atomic mass is 32.3. The van der Waals surface area contributed by atoms with E-state index in [0.29, 0.717) is 10.9 Å². The summed E-state index contributed by atoms with van der Waals surface area (Å²) in [6, 6.07) is 4.33. The first-order valence-electron chi connectivity index (χ1n) is 4.79. The zero-order chi connectivity index (χ0) is 12.6. The number of ether oxygens (including phenoxy) is 1. The third kappa shape index (κ3) is 2.82. The minimum Gasteiger partial charge on any atom is -0.497 e. The van der Waals surface area contributed by atoms with Gasteiger partial charge in [-0.25, -0.2) is 0 Å². The van der Waals surface area contributed by atoms with Crippen molar-refractivity contribution in [2.75, 3.05) is 7.11 Å². The van der Waals surface area contributed by atoms with Gasteiger partial charge in [-0.2, -0.15) is 8.42 Å². The van der Waals surface area contributed by atoms with Crippen LogP contribution in [0.2, 0.25) is 19.6 Å². The van der Waals surface area contributed by atoms with E-state index in [1.165, 1.54) is 19.2 Å². The Balaban J connectivity index is 3.52. The van der Waals surface area contributed by atoms with Gasteiger partial charge in [0.1, 0.15) is 5.75 Å². The van der Waals surface area contributed by atoms with Gasteiger partial charge >= 0.3 is 10.2 Å². The summed E-state index contributed by atoms with van der Waals surface area (Å²) >= 11 is 0. The molecule has 0 aliphatic heterocycles. The molecule has 3 nitrogen and oxygen atoms in total. The van der Waals surface area contributed by atoms with Gasteiger partial charge in [0, 0.05) is 0 Å². The lowest BCUT2D eigenvalue weighted by Gasteiger charge is -2.19. The number of rotatable bonds is 3. The maximum absolute atomic E-state index is 13.1. The number of halogens is 1. The van der Waals surface area contributed by atoms with E-state index in [1.54, 1.807) is 6.07 Å². The number of benzene rings is 1. The van der Waals surface area contributed by atoms with E-state index in [0.717, 1.165) is 0 Å². The van der Waals surface area contributed by atoms with Gasteiger partial charge < -0.3 is 4.74 Å². The molecule has 1 aromatic rings. The van der Waals surface area contributed by atoms with Gasteiger partial charge in [-0.05, 0) is 23.4 Å². The molecule has 0 N–H and O–H groups in total. The first kappa shape index (κ1) is 13.2. The fourth-order valence-corrected chi connectivity index (χ4v) is 4.67. The Kier molecular flexibility index (Phi) is 3.44. The molecule has 0 aliphatic carbocycles. The van der Waals surface area contributed by atoms with Crippen molar-refractivity contribution in [2.45, 2.75) is 24.5 Å². The summed E-state index contributed by atoms with van der Waals surface area (Å²) in [6.07, 6.45) is 0. The molecule has 0 radical (unpaired) electrons. The molecule has 0 saturated heterocycles. The summed E-state index contributed by atoms with van der Waals surface area (Å²) in [5, 5.41) is 0.550. The Hall–Kier alpha value is -0.883. The third-order valence-corrected chi connectivity index (χ3v) is 5.35. The zero-order valence-electron chi connectivity index (χ0n) is 9.74. The number of hydrogen-bond acceptors (Lipinski definition) is 3. The third-order valence-electron chi connectivity index (χ3n) is 2.26. The van der Waals surface area contributed by atoms with Crippen LogP contribution >= 0.6 is 0 Å². The highest BCUT2D eigenvalue weighted by Crippen LogP contribution is 2.19. The van der Waals surface area contributed by atoms with Crippen molar-refractivity contribution in [3.63, 3.8) is 0 Å². The van der Waals surface area contributed by atoms with Crippen molar-refractivity contribution in [1.29, 1.82) is 0 Å². The molecule has 1 rings (SSSR count). The minimum absolute atomic E-state index is 0.229. The van der Waals surface area contributed by atoms with E-state index in [-0.39, 0.29) is 4.90 Å². The second-order valence-electron chi connectivity index (χ2n) is 4.55. The molecule has 0 unspecified atom stereocenters.